The number of nitrogens with one attached hydrogen (secondary N) is 3. The molecule has 0 fully saturated rings. The summed E-state index contributed by atoms with van der Waals surface area (Å²) in [7, 11) is -6.53. The van der Waals surface area contributed by atoms with Crippen LogP contribution in [-0.4, -0.2) is 80.6 Å². The van der Waals surface area contributed by atoms with Crippen LogP contribution < -0.4 is 16.0 Å². The van der Waals surface area contributed by atoms with Gasteiger partial charge >= 0.3 is 0 Å². The summed E-state index contributed by atoms with van der Waals surface area (Å²) in [6, 6.07) is 7.67. The minimum absolute atomic E-state index is 0.227. The Kier molecular flexibility index (Phi) is 36.7. The standard InChI is InChI=1S/C63H123N3O6Si3/c1-19-25-28-31-34-37-40-73(49(7)8,50(9)10)70-46-58(22-4)64-61(67)55-43-56(62(68)65-59(23-5)47-71-74(51(11)12,52(13)14)41-38-35-32-29-26-20-2)45-57(44-55)63(69)66-60(24-6)48-72-75(53(15)16,54(17)18)42-39-36-33-30-27-21-3/h43-45,49-54,58-60H,19-42,46-48H2,1-18H3,(H,64,67)(H,65,68)(H,66,69). The predicted molar refractivity (Wildman–Crippen MR) is 331 cm³/mol. The molecular formula is C63H123N3O6Si3. The fraction of sp³-hybridized carbons (Fsp3) is 0.857. The van der Waals surface area contributed by atoms with Gasteiger partial charge in [-0.05, 0) is 88.8 Å². The fourth-order valence-electron chi connectivity index (χ4n) is 11.9. The van der Waals surface area contributed by atoms with Gasteiger partial charge in [-0.15, -0.1) is 0 Å². The van der Waals surface area contributed by atoms with Gasteiger partial charge in [0, 0.05) is 16.7 Å². The number of hydrogen-bond donors (Lipinski definition) is 3. The summed E-state index contributed by atoms with van der Waals surface area (Å²) in [5.74, 6) is -0.928. The van der Waals surface area contributed by atoms with E-state index in [-0.39, 0.29) is 52.5 Å². The van der Waals surface area contributed by atoms with E-state index in [1.807, 2.05) is 0 Å². The number of hydrogen-bond acceptors (Lipinski definition) is 6. The summed E-state index contributed by atoms with van der Waals surface area (Å²) in [4.78, 5) is 43.7. The molecule has 75 heavy (non-hydrogen) atoms. The van der Waals surface area contributed by atoms with Crippen LogP contribution in [0.4, 0.5) is 0 Å². The Morgan fingerprint density at radius 1 is 0.347 bits per heavy atom. The van der Waals surface area contributed by atoms with Crippen molar-refractivity contribution in [3.05, 3.63) is 34.9 Å². The maximum absolute atomic E-state index is 14.6. The van der Waals surface area contributed by atoms with Gasteiger partial charge in [-0.25, -0.2) is 0 Å². The van der Waals surface area contributed by atoms with Crippen LogP contribution in [0.1, 0.15) is 291 Å². The van der Waals surface area contributed by atoms with Gasteiger partial charge < -0.3 is 29.2 Å². The first-order chi connectivity index (χ1) is 35.6. The van der Waals surface area contributed by atoms with Crippen molar-refractivity contribution in [1.29, 1.82) is 0 Å². The average Bonchev–Trinajstić information content (AvgIpc) is 3.37. The Labute approximate surface area is 467 Å². The number of unbranched alkanes of at least 4 members (excludes halogenated alkanes) is 15. The van der Waals surface area contributed by atoms with Crippen molar-refractivity contribution in [2.75, 3.05) is 19.8 Å². The maximum atomic E-state index is 14.6. The maximum Gasteiger partial charge on any atom is 0.251 e. The molecule has 3 amide bonds. The highest BCUT2D eigenvalue weighted by Gasteiger charge is 2.44. The first-order valence-corrected chi connectivity index (χ1v) is 38.4. The van der Waals surface area contributed by atoms with Crippen LogP contribution in [0.5, 0.6) is 0 Å². The second-order valence-corrected chi connectivity index (χ2v) is 39.8. The van der Waals surface area contributed by atoms with Gasteiger partial charge in [0.15, 0.2) is 25.0 Å². The van der Waals surface area contributed by atoms with E-state index in [4.69, 9.17) is 13.3 Å². The van der Waals surface area contributed by atoms with Gasteiger partial charge in [-0.2, -0.15) is 0 Å². The lowest BCUT2D eigenvalue weighted by Crippen LogP contribution is -2.49. The van der Waals surface area contributed by atoms with Crippen LogP contribution in [0.3, 0.4) is 0 Å². The van der Waals surface area contributed by atoms with E-state index in [1.54, 1.807) is 18.2 Å². The van der Waals surface area contributed by atoms with E-state index in [2.05, 4.69) is 141 Å². The Morgan fingerprint density at radius 3 is 0.733 bits per heavy atom. The smallest absolute Gasteiger partial charge is 0.251 e. The molecule has 0 aliphatic carbocycles. The number of carbonyl (C=O) groups excluding carboxylic acids is 3. The predicted octanol–water partition coefficient (Wildman–Crippen LogP) is 18.6. The lowest BCUT2D eigenvalue weighted by Gasteiger charge is -2.40. The van der Waals surface area contributed by atoms with Gasteiger partial charge in [0.05, 0.1) is 37.9 Å². The average molecular weight is 1100 g/mol. The van der Waals surface area contributed by atoms with Crippen molar-refractivity contribution in [1.82, 2.24) is 16.0 Å². The highest BCUT2D eigenvalue weighted by molar-refractivity contribution is 6.77. The van der Waals surface area contributed by atoms with Crippen LogP contribution in [0.25, 0.3) is 0 Å². The number of amides is 3. The molecule has 0 radical (unpaired) electrons. The summed E-state index contributed by atoms with van der Waals surface area (Å²) < 4.78 is 21.4. The van der Waals surface area contributed by atoms with Crippen molar-refractivity contribution in [3.8, 4) is 0 Å². The monoisotopic (exact) mass is 1100 g/mol. The molecule has 0 aromatic heterocycles. The van der Waals surface area contributed by atoms with Crippen LogP contribution in [0, 0.1) is 0 Å². The van der Waals surface area contributed by atoms with Gasteiger partial charge in [0.2, 0.25) is 0 Å². The summed E-state index contributed by atoms with van der Waals surface area (Å²) in [5.41, 5.74) is 3.52. The highest BCUT2D eigenvalue weighted by atomic mass is 28.4. The van der Waals surface area contributed by atoms with Crippen molar-refractivity contribution in [3.63, 3.8) is 0 Å². The third-order valence-electron chi connectivity index (χ3n) is 17.5. The molecule has 1 aromatic rings. The van der Waals surface area contributed by atoms with Crippen molar-refractivity contribution in [2.24, 2.45) is 0 Å². The van der Waals surface area contributed by atoms with E-state index < -0.39 is 25.0 Å². The Hall–Kier alpha value is -1.84. The molecule has 3 N–H and O–H groups in total. The molecule has 3 unspecified atom stereocenters. The molecule has 9 nitrogen and oxygen atoms in total. The third-order valence-corrected chi connectivity index (χ3v) is 34.7. The van der Waals surface area contributed by atoms with E-state index in [0.29, 0.717) is 72.3 Å². The van der Waals surface area contributed by atoms with Gasteiger partial charge in [0.25, 0.3) is 17.7 Å². The van der Waals surface area contributed by atoms with E-state index >= 15 is 0 Å². The third kappa shape index (κ3) is 24.2. The molecule has 438 valence electrons. The van der Waals surface area contributed by atoms with Gasteiger partial charge in [-0.3, -0.25) is 14.4 Å². The number of carbonyl (C=O) groups is 3. The minimum Gasteiger partial charge on any atom is -0.414 e. The molecule has 1 rings (SSSR count). The summed E-state index contributed by atoms with van der Waals surface area (Å²) in [5, 5.41) is 9.91. The van der Waals surface area contributed by atoms with Crippen LogP contribution in [0.15, 0.2) is 18.2 Å². The minimum atomic E-state index is -2.18. The van der Waals surface area contributed by atoms with Crippen molar-refractivity contribution < 1.29 is 27.7 Å². The van der Waals surface area contributed by atoms with Crippen molar-refractivity contribution in [2.45, 2.75) is 329 Å². The van der Waals surface area contributed by atoms with Crippen LogP contribution in [-0.2, 0) is 13.3 Å². The molecule has 0 bridgehead atoms. The van der Waals surface area contributed by atoms with E-state index in [9.17, 15) is 14.4 Å². The van der Waals surface area contributed by atoms with Crippen LogP contribution >= 0.6 is 0 Å². The summed E-state index contributed by atoms with van der Waals surface area (Å²) in [6.45, 7) is 42.3. The summed E-state index contributed by atoms with van der Waals surface area (Å²) >= 11 is 0. The number of rotatable bonds is 45. The van der Waals surface area contributed by atoms with Crippen molar-refractivity contribution >= 4 is 42.7 Å². The fourth-order valence-corrected chi connectivity index (χ4v) is 25.7. The first-order valence-electron chi connectivity index (χ1n) is 31.6. The Bertz CT molecular complexity index is 1460. The topological polar surface area (TPSA) is 115 Å². The zero-order valence-corrected chi connectivity index (χ0v) is 55.5. The van der Waals surface area contributed by atoms with Crippen LogP contribution in [0.2, 0.25) is 51.4 Å². The molecule has 0 heterocycles. The van der Waals surface area contributed by atoms with Gasteiger partial charge in [-0.1, -0.05) is 240 Å². The van der Waals surface area contributed by atoms with E-state index in [0.717, 1.165) is 18.1 Å². The Balaban J connectivity index is 3.62. The molecular weight excluding hydrogens is 979 g/mol. The lowest BCUT2D eigenvalue weighted by atomic mass is 10.0. The second-order valence-electron chi connectivity index (χ2n) is 24.8. The molecule has 0 aliphatic rings. The molecule has 1 aromatic carbocycles. The molecule has 0 spiro atoms. The molecule has 0 saturated heterocycles. The quantitative estimate of drug-likeness (QED) is 0.0443. The lowest BCUT2D eigenvalue weighted by molar-refractivity contribution is 0.0916. The van der Waals surface area contributed by atoms with Gasteiger partial charge in [0.1, 0.15) is 0 Å². The molecule has 0 aliphatic heterocycles. The normalized spacial score (nSPS) is 13.9. The van der Waals surface area contributed by atoms with E-state index in [1.165, 1.54) is 116 Å². The molecule has 0 saturated carbocycles. The number of benzene rings is 1. The molecule has 3 atom stereocenters. The SMILES string of the molecule is CCCCCCCC[Si](OCC(CC)NC(=O)c1cc(C(=O)NC(CC)CO[Si](CCCCCCCC)(C(C)C)C(C)C)cc(C(=O)NC(CC)CO[Si](CCCCCCCC)(C(C)C)C(C)C)c1)(C(C)C)C(C)C. The first kappa shape index (κ1) is 71.2. The largest absolute Gasteiger partial charge is 0.414 e. The molecule has 12 heteroatoms. The Morgan fingerprint density at radius 2 is 0.547 bits per heavy atom. The summed E-state index contributed by atoms with van der Waals surface area (Å²) in [6.07, 6.45) is 24.7. The zero-order valence-electron chi connectivity index (χ0n) is 52.5. The second kappa shape index (κ2) is 38.7. The zero-order chi connectivity index (χ0) is 56.6. The highest BCUT2D eigenvalue weighted by Crippen LogP contribution is 2.41.